The summed E-state index contributed by atoms with van der Waals surface area (Å²) >= 11 is 6.05. The Morgan fingerprint density at radius 1 is 1.42 bits per heavy atom. The quantitative estimate of drug-likeness (QED) is 0.740. The van der Waals surface area contributed by atoms with Crippen molar-refractivity contribution in [2.45, 2.75) is 39.7 Å². The number of carbonyl (C=O) groups is 1. The molecule has 0 aliphatic heterocycles. The Bertz CT molecular complexity index is 683. The van der Waals surface area contributed by atoms with Crippen molar-refractivity contribution in [3.63, 3.8) is 0 Å². The molecule has 6 heteroatoms. The second kappa shape index (κ2) is 8.85. The van der Waals surface area contributed by atoms with E-state index in [9.17, 15) is 4.79 Å². The van der Waals surface area contributed by atoms with Crippen LogP contribution in [0, 0.1) is 0 Å². The number of carbonyl (C=O) groups excluding carboxylic acids is 1. The molecule has 1 aromatic carbocycles. The average Bonchev–Trinajstić information content (AvgIpc) is 2.98. The zero-order valence-electron chi connectivity index (χ0n) is 14.4. The van der Waals surface area contributed by atoms with Gasteiger partial charge >= 0.3 is 0 Å². The van der Waals surface area contributed by atoms with E-state index >= 15 is 0 Å². The number of nitrogens with one attached hydrogen (secondary N) is 1. The fourth-order valence-electron chi connectivity index (χ4n) is 2.42. The van der Waals surface area contributed by atoms with Crippen LogP contribution < -0.4 is 5.32 Å². The second-order valence-electron chi connectivity index (χ2n) is 5.78. The van der Waals surface area contributed by atoms with E-state index in [-0.39, 0.29) is 12.0 Å². The zero-order valence-corrected chi connectivity index (χ0v) is 15.1. The fourth-order valence-corrected chi connectivity index (χ4v) is 2.61. The lowest BCUT2D eigenvalue weighted by atomic mass is 10.2. The fraction of sp³-hybridized carbons (Fsp3) is 0.444. The minimum atomic E-state index is -0.107. The van der Waals surface area contributed by atoms with Crippen LogP contribution in [0.4, 0.5) is 0 Å². The lowest BCUT2D eigenvalue weighted by molar-refractivity contribution is 0.0757. The molecule has 0 saturated heterocycles. The van der Waals surface area contributed by atoms with E-state index in [1.54, 1.807) is 10.9 Å². The summed E-state index contributed by atoms with van der Waals surface area (Å²) in [5.74, 6) is -0.107. The maximum Gasteiger partial charge on any atom is 0.254 e. The molecule has 0 aliphatic rings. The predicted octanol–water partition coefficient (Wildman–Crippen LogP) is 3.63. The van der Waals surface area contributed by atoms with E-state index < -0.39 is 0 Å². The highest BCUT2D eigenvalue weighted by Crippen LogP contribution is 2.19. The molecule has 0 spiro atoms. The van der Waals surface area contributed by atoms with Crippen molar-refractivity contribution in [3.8, 4) is 5.69 Å². The molecule has 2 aromatic rings. The molecule has 0 saturated carbocycles. The normalized spacial score (nSPS) is 11.0. The SMILES string of the molecule is CCc1c(C(=O)NCCCOC(C)C)cnn1-c1cccc(Cl)c1. The van der Waals surface area contributed by atoms with Gasteiger partial charge in [0.25, 0.3) is 5.91 Å². The van der Waals surface area contributed by atoms with Crippen LogP contribution >= 0.6 is 11.6 Å². The van der Waals surface area contributed by atoms with E-state index in [1.807, 2.05) is 45.0 Å². The van der Waals surface area contributed by atoms with E-state index in [0.29, 0.717) is 30.2 Å². The number of ether oxygens (including phenoxy) is 1. The first-order valence-electron chi connectivity index (χ1n) is 8.25. The summed E-state index contributed by atoms with van der Waals surface area (Å²) in [4.78, 5) is 12.4. The molecular weight excluding hydrogens is 326 g/mol. The third-order valence-corrected chi connectivity index (χ3v) is 3.79. The van der Waals surface area contributed by atoms with Gasteiger partial charge in [0.15, 0.2) is 0 Å². The summed E-state index contributed by atoms with van der Waals surface area (Å²) in [7, 11) is 0. The van der Waals surface area contributed by atoms with Crippen molar-refractivity contribution < 1.29 is 9.53 Å². The first-order chi connectivity index (χ1) is 11.5. The molecule has 130 valence electrons. The Hall–Kier alpha value is -1.85. The number of amides is 1. The summed E-state index contributed by atoms with van der Waals surface area (Å²) in [6.07, 6.45) is 3.31. The van der Waals surface area contributed by atoms with E-state index in [0.717, 1.165) is 17.8 Å². The van der Waals surface area contributed by atoms with Crippen LogP contribution in [0.2, 0.25) is 5.02 Å². The van der Waals surface area contributed by atoms with Crippen LogP contribution in [-0.4, -0.2) is 34.9 Å². The van der Waals surface area contributed by atoms with E-state index in [1.165, 1.54) is 0 Å². The summed E-state index contributed by atoms with van der Waals surface area (Å²) in [6, 6.07) is 7.43. The molecule has 5 nitrogen and oxygen atoms in total. The van der Waals surface area contributed by atoms with Gasteiger partial charge in [-0.3, -0.25) is 4.79 Å². The monoisotopic (exact) mass is 349 g/mol. The molecule has 1 N–H and O–H groups in total. The third kappa shape index (κ3) is 4.82. The number of halogens is 1. The summed E-state index contributed by atoms with van der Waals surface area (Å²) < 4.78 is 7.23. The number of hydrogen-bond donors (Lipinski definition) is 1. The van der Waals surface area contributed by atoms with Crippen LogP contribution in [0.1, 0.15) is 43.2 Å². The van der Waals surface area contributed by atoms with Gasteiger partial charge in [0, 0.05) is 18.2 Å². The highest BCUT2D eigenvalue weighted by molar-refractivity contribution is 6.30. The number of rotatable bonds is 8. The van der Waals surface area contributed by atoms with Gasteiger partial charge in [-0.05, 0) is 44.9 Å². The summed E-state index contributed by atoms with van der Waals surface area (Å²) in [5.41, 5.74) is 2.32. The largest absolute Gasteiger partial charge is 0.379 e. The summed E-state index contributed by atoms with van der Waals surface area (Å²) in [6.45, 7) is 7.22. The number of nitrogens with zero attached hydrogens (tertiary/aromatic N) is 2. The molecule has 24 heavy (non-hydrogen) atoms. The molecule has 2 rings (SSSR count). The Labute approximate surface area is 148 Å². The first kappa shape index (κ1) is 18.5. The second-order valence-corrected chi connectivity index (χ2v) is 6.22. The predicted molar refractivity (Wildman–Crippen MR) is 96.0 cm³/mol. The topological polar surface area (TPSA) is 56.1 Å². The molecule has 0 bridgehead atoms. The Balaban J connectivity index is 2.04. The van der Waals surface area contributed by atoms with Gasteiger partial charge in [0.05, 0.1) is 29.2 Å². The average molecular weight is 350 g/mol. The maximum absolute atomic E-state index is 12.4. The van der Waals surface area contributed by atoms with Crippen LogP contribution in [0.3, 0.4) is 0 Å². The van der Waals surface area contributed by atoms with Crippen LogP contribution in [0.15, 0.2) is 30.5 Å². The molecule has 0 atom stereocenters. The van der Waals surface area contributed by atoms with Gasteiger partial charge in [-0.1, -0.05) is 24.6 Å². The lowest BCUT2D eigenvalue weighted by Gasteiger charge is -2.10. The maximum atomic E-state index is 12.4. The highest BCUT2D eigenvalue weighted by Gasteiger charge is 2.16. The van der Waals surface area contributed by atoms with Crippen LogP contribution in [0.5, 0.6) is 0 Å². The van der Waals surface area contributed by atoms with Gasteiger partial charge in [-0.15, -0.1) is 0 Å². The summed E-state index contributed by atoms with van der Waals surface area (Å²) in [5, 5.41) is 7.92. The lowest BCUT2D eigenvalue weighted by Crippen LogP contribution is -2.26. The smallest absolute Gasteiger partial charge is 0.254 e. The van der Waals surface area contributed by atoms with Crippen LogP contribution in [0.25, 0.3) is 5.69 Å². The molecular formula is C18H24ClN3O2. The van der Waals surface area contributed by atoms with Gasteiger partial charge in [-0.2, -0.15) is 5.10 Å². The van der Waals surface area contributed by atoms with E-state index in [2.05, 4.69) is 10.4 Å². The molecule has 0 fully saturated rings. The molecule has 1 amide bonds. The number of aromatic nitrogens is 2. The molecule has 0 radical (unpaired) electrons. The van der Waals surface area contributed by atoms with Crippen molar-refractivity contribution in [2.75, 3.05) is 13.2 Å². The van der Waals surface area contributed by atoms with Crippen molar-refractivity contribution >= 4 is 17.5 Å². The number of hydrogen-bond acceptors (Lipinski definition) is 3. The third-order valence-electron chi connectivity index (χ3n) is 3.56. The van der Waals surface area contributed by atoms with E-state index in [4.69, 9.17) is 16.3 Å². The minimum absolute atomic E-state index is 0.107. The molecule has 1 aromatic heterocycles. The first-order valence-corrected chi connectivity index (χ1v) is 8.63. The standard InChI is InChI=1S/C18H24ClN3O2/c1-4-17-16(18(23)20-9-6-10-24-13(2)3)12-21-22(17)15-8-5-7-14(19)11-15/h5,7-8,11-13H,4,6,9-10H2,1-3H3,(H,20,23). The van der Waals surface area contributed by atoms with Crippen LogP contribution in [-0.2, 0) is 11.2 Å². The van der Waals surface area contributed by atoms with Crippen molar-refractivity contribution in [3.05, 3.63) is 46.7 Å². The van der Waals surface area contributed by atoms with Gasteiger partial charge in [0.2, 0.25) is 0 Å². The Morgan fingerprint density at radius 2 is 2.21 bits per heavy atom. The minimum Gasteiger partial charge on any atom is -0.379 e. The Kier molecular flexibility index (Phi) is 6.82. The highest BCUT2D eigenvalue weighted by atomic mass is 35.5. The molecule has 0 aliphatic carbocycles. The Morgan fingerprint density at radius 3 is 2.88 bits per heavy atom. The molecule has 1 heterocycles. The molecule has 0 unspecified atom stereocenters. The van der Waals surface area contributed by atoms with Gasteiger partial charge in [-0.25, -0.2) is 4.68 Å². The zero-order chi connectivity index (χ0) is 17.5. The van der Waals surface area contributed by atoms with Crippen molar-refractivity contribution in [1.29, 1.82) is 0 Å². The van der Waals surface area contributed by atoms with Crippen molar-refractivity contribution in [2.24, 2.45) is 0 Å². The van der Waals surface area contributed by atoms with Crippen molar-refractivity contribution in [1.82, 2.24) is 15.1 Å². The van der Waals surface area contributed by atoms with Gasteiger partial charge < -0.3 is 10.1 Å². The van der Waals surface area contributed by atoms with Gasteiger partial charge in [0.1, 0.15) is 0 Å². The number of benzene rings is 1.